The number of methoxy groups -OCH3 is 1. The minimum absolute atomic E-state index is 0.234. The van der Waals surface area contributed by atoms with E-state index in [4.69, 9.17) is 9.88 Å². The lowest BCUT2D eigenvalue weighted by Gasteiger charge is -2.16. The van der Waals surface area contributed by atoms with Crippen LogP contribution in [0.25, 0.3) is 0 Å². The van der Waals surface area contributed by atoms with Crippen molar-refractivity contribution in [2.45, 2.75) is 24.3 Å². The van der Waals surface area contributed by atoms with Gasteiger partial charge in [0.2, 0.25) is 10.0 Å². The number of primary sulfonamides is 1. The van der Waals surface area contributed by atoms with Gasteiger partial charge >= 0.3 is 0 Å². The average molecular weight is 383 g/mol. The summed E-state index contributed by atoms with van der Waals surface area (Å²) >= 11 is 3.03. The van der Waals surface area contributed by atoms with Crippen molar-refractivity contribution in [3.63, 3.8) is 0 Å². The fourth-order valence-corrected chi connectivity index (χ4v) is 2.92. The number of nitrogens with two attached hydrogens (primary N) is 1. The maximum atomic E-state index is 14.2. The van der Waals surface area contributed by atoms with Crippen molar-refractivity contribution in [1.29, 1.82) is 0 Å². The van der Waals surface area contributed by atoms with Gasteiger partial charge in [-0.05, 0) is 18.6 Å². The first-order valence-corrected chi connectivity index (χ1v) is 8.36. The lowest BCUT2D eigenvalue weighted by atomic mass is 10.1. The van der Waals surface area contributed by atoms with Crippen LogP contribution in [0.2, 0.25) is 0 Å². The van der Waals surface area contributed by atoms with E-state index < -0.39 is 32.2 Å². The van der Waals surface area contributed by atoms with Gasteiger partial charge in [0.1, 0.15) is 4.90 Å². The molecule has 0 aliphatic carbocycles. The molecule has 0 aliphatic rings. The number of amides is 1. The molecule has 0 fully saturated rings. The largest absolute Gasteiger partial charge is 0.383 e. The average Bonchev–Trinajstić information content (AvgIpc) is 2.39. The normalized spacial score (nSPS) is 13.0. The van der Waals surface area contributed by atoms with Crippen LogP contribution < -0.4 is 10.5 Å². The van der Waals surface area contributed by atoms with Gasteiger partial charge in [0.05, 0.1) is 18.2 Å². The van der Waals surface area contributed by atoms with Crippen molar-refractivity contribution in [2.75, 3.05) is 13.7 Å². The van der Waals surface area contributed by atoms with Crippen LogP contribution in [0.15, 0.2) is 21.5 Å². The molecule has 1 aromatic carbocycles. The van der Waals surface area contributed by atoms with E-state index in [0.29, 0.717) is 6.42 Å². The summed E-state index contributed by atoms with van der Waals surface area (Å²) in [4.78, 5) is 11.3. The molecule has 0 aliphatic heterocycles. The third-order valence-electron chi connectivity index (χ3n) is 2.75. The highest BCUT2D eigenvalue weighted by molar-refractivity contribution is 9.10. The molecule has 118 valence electrons. The van der Waals surface area contributed by atoms with E-state index in [2.05, 4.69) is 21.2 Å². The molecule has 1 rings (SSSR count). The standard InChI is InChI=1S/C12H16BrFN2O4S/c1-3-8(6-20-2)16-12(17)9-4-7(13)5-10(11(9)14)21(15,18)19/h4-5,8H,3,6H2,1-2H3,(H,16,17)(H2,15,18,19). The Kier molecular flexibility index (Phi) is 6.26. The summed E-state index contributed by atoms with van der Waals surface area (Å²) in [7, 11) is -2.79. The number of hydrogen-bond acceptors (Lipinski definition) is 4. The molecule has 0 spiro atoms. The first kappa shape index (κ1) is 18.0. The van der Waals surface area contributed by atoms with E-state index in [1.54, 1.807) is 0 Å². The number of carbonyl (C=O) groups is 1. The number of halogens is 2. The summed E-state index contributed by atoms with van der Waals surface area (Å²) in [5, 5.41) is 7.50. The van der Waals surface area contributed by atoms with Crippen LogP contribution in [0.1, 0.15) is 23.7 Å². The summed E-state index contributed by atoms with van der Waals surface area (Å²) < 4.78 is 42.0. The maximum absolute atomic E-state index is 14.2. The second kappa shape index (κ2) is 7.30. The van der Waals surface area contributed by atoms with Crippen LogP contribution in [0.3, 0.4) is 0 Å². The molecule has 1 aromatic rings. The van der Waals surface area contributed by atoms with Crippen LogP contribution in [0.5, 0.6) is 0 Å². The second-order valence-electron chi connectivity index (χ2n) is 4.34. The van der Waals surface area contributed by atoms with Gasteiger partial charge in [0.25, 0.3) is 5.91 Å². The Hall–Kier alpha value is -1.03. The molecule has 9 heteroatoms. The summed E-state index contributed by atoms with van der Waals surface area (Å²) in [5.74, 6) is -1.91. The molecule has 1 atom stereocenters. The van der Waals surface area contributed by atoms with Crippen LogP contribution in [-0.4, -0.2) is 34.1 Å². The highest BCUT2D eigenvalue weighted by atomic mass is 79.9. The summed E-state index contributed by atoms with van der Waals surface area (Å²) in [6.07, 6.45) is 0.581. The predicted octanol–water partition coefficient (Wildman–Crippen LogP) is 1.39. The van der Waals surface area contributed by atoms with Gasteiger partial charge in [-0.2, -0.15) is 0 Å². The minimum Gasteiger partial charge on any atom is -0.383 e. The van der Waals surface area contributed by atoms with Gasteiger partial charge in [-0.1, -0.05) is 22.9 Å². The number of benzene rings is 1. The van der Waals surface area contributed by atoms with Crippen LogP contribution in [-0.2, 0) is 14.8 Å². The number of ether oxygens (including phenoxy) is 1. The van der Waals surface area contributed by atoms with E-state index in [1.165, 1.54) is 13.2 Å². The first-order valence-electron chi connectivity index (χ1n) is 6.02. The first-order chi connectivity index (χ1) is 9.70. The molecular weight excluding hydrogens is 367 g/mol. The van der Waals surface area contributed by atoms with Crippen molar-refractivity contribution in [2.24, 2.45) is 5.14 Å². The van der Waals surface area contributed by atoms with E-state index >= 15 is 0 Å². The van der Waals surface area contributed by atoms with Gasteiger partial charge in [-0.15, -0.1) is 0 Å². The quantitative estimate of drug-likeness (QED) is 0.776. The Morgan fingerprint density at radius 1 is 1.52 bits per heavy atom. The molecule has 1 amide bonds. The fourth-order valence-electron chi connectivity index (χ4n) is 1.66. The van der Waals surface area contributed by atoms with E-state index in [-0.39, 0.29) is 17.1 Å². The number of nitrogens with one attached hydrogen (secondary N) is 1. The van der Waals surface area contributed by atoms with Gasteiger partial charge < -0.3 is 10.1 Å². The van der Waals surface area contributed by atoms with Gasteiger partial charge in [-0.3, -0.25) is 4.79 Å². The third-order valence-corrected chi connectivity index (χ3v) is 4.12. The molecule has 0 aromatic heterocycles. The zero-order valence-electron chi connectivity index (χ0n) is 11.5. The summed E-state index contributed by atoms with van der Waals surface area (Å²) in [6, 6.07) is 1.89. The molecular formula is C12H16BrFN2O4S. The van der Waals surface area contributed by atoms with Crippen molar-refractivity contribution < 1.29 is 22.3 Å². The Bertz CT molecular complexity index is 636. The van der Waals surface area contributed by atoms with E-state index in [0.717, 1.165) is 6.07 Å². The molecule has 6 nitrogen and oxygen atoms in total. The zero-order valence-corrected chi connectivity index (χ0v) is 13.9. The lowest BCUT2D eigenvalue weighted by Crippen LogP contribution is -2.38. The summed E-state index contributed by atoms with van der Waals surface area (Å²) in [6.45, 7) is 2.09. The SMILES string of the molecule is CCC(COC)NC(=O)c1cc(Br)cc(S(N)(=O)=O)c1F. The van der Waals surface area contributed by atoms with Gasteiger partial charge in [0, 0.05) is 11.6 Å². The molecule has 0 saturated carbocycles. The van der Waals surface area contributed by atoms with Crippen molar-refractivity contribution in [1.82, 2.24) is 5.32 Å². The molecule has 21 heavy (non-hydrogen) atoms. The fraction of sp³-hybridized carbons (Fsp3) is 0.417. The topological polar surface area (TPSA) is 98.5 Å². The number of carbonyl (C=O) groups excluding carboxylic acids is 1. The lowest BCUT2D eigenvalue weighted by molar-refractivity contribution is 0.0890. The maximum Gasteiger partial charge on any atom is 0.254 e. The van der Waals surface area contributed by atoms with Crippen LogP contribution >= 0.6 is 15.9 Å². The molecule has 0 bridgehead atoms. The van der Waals surface area contributed by atoms with Gasteiger partial charge in [-0.25, -0.2) is 17.9 Å². The molecule has 0 heterocycles. The Labute approximate surface area is 131 Å². The molecule has 1 unspecified atom stereocenters. The van der Waals surface area contributed by atoms with Crippen molar-refractivity contribution in [3.05, 3.63) is 28.0 Å². The highest BCUT2D eigenvalue weighted by Gasteiger charge is 2.23. The Balaban J connectivity index is 3.19. The Morgan fingerprint density at radius 2 is 2.14 bits per heavy atom. The predicted molar refractivity (Wildman–Crippen MR) is 78.9 cm³/mol. The number of hydrogen-bond donors (Lipinski definition) is 2. The highest BCUT2D eigenvalue weighted by Crippen LogP contribution is 2.23. The van der Waals surface area contributed by atoms with E-state index in [1.807, 2.05) is 6.92 Å². The zero-order chi connectivity index (χ0) is 16.2. The summed E-state index contributed by atoms with van der Waals surface area (Å²) in [5.41, 5.74) is -0.400. The third kappa shape index (κ3) is 4.73. The van der Waals surface area contributed by atoms with Crippen molar-refractivity contribution in [3.8, 4) is 0 Å². The second-order valence-corrected chi connectivity index (χ2v) is 6.79. The molecule has 0 saturated heterocycles. The van der Waals surface area contributed by atoms with Crippen LogP contribution in [0.4, 0.5) is 4.39 Å². The van der Waals surface area contributed by atoms with Crippen LogP contribution in [0, 0.1) is 5.82 Å². The monoisotopic (exact) mass is 382 g/mol. The Morgan fingerprint density at radius 3 is 2.62 bits per heavy atom. The van der Waals surface area contributed by atoms with Crippen molar-refractivity contribution >= 4 is 31.9 Å². The number of sulfonamides is 1. The number of rotatable bonds is 6. The van der Waals surface area contributed by atoms with E-state index in [9.17, 15) is 17.6 Å². The molecule has 0 radical (unpaired) electrons. The minimum atomic E-state index is -4.27. The van der Waals surface area contributed by atoms with Gasteiger partial charge in [0.15, 0.2) is 5.82 Å². The molecule has 3 N–H and O–H groups in total. The smallest absolute Gasteiger partial charge is 0.254 e.